The largest absolute Gasteiger partial charge is 0.388 e. The van der Waals surface area contributed by atoms with Crippen molar-refractivity contribution in [3.63, 3.8) is 0 Å². The van der Waals surface area contributed by atoms with Gasteiger partial charge < -0.3 is 9.67 Å². The third kappa shape index (κ3) is 2.55. The van der Waals surface area contributed by atoms with Crippen molar-refractivity contribution in [3.8, 4) is 0 Å². The zero-order valence-electron chi connectivity index (χ0n) is 13.4. The van der Waals surface area contributed by atoms with Crippen LogP contribution in [0.5, 0.6) is 0 Å². The Morgan fingerprint density at radius 3 is 2.40 bits per heavy atom. The summed E-state index contributed by atoms with van der Waals surface area (Å²) in [6.45, 7) is 9.34. The van der Waals surface area contributed by atoms with Crippen molar-refractivity contribution in [3.05, 3.63) is 23.5 Å². The molecule has 1 saturated carbocycles. The first-order chi connectivity index (χ1) is 9.27. The summed E-state index contributed by atoms with van der Waals surface area (Å²) < 4.78 is 2.49. The average Bonchev–Trinajstić information content (AvgIpc) is 2.71. The summed E-state index contributed by atoms with van der Waals surface area (Å²) >= 11 is 0. The van der Waals surface area contributed by atoms with Crippen LogP contribution in [0.1, 0.15) is 83.2 Å². The highest BCUT2D eigenvalue weighted by molar-refractivity contribution is 5.29. The summed E-state index contributed by atoms with van der Waals surface area (Å²) in [6.07, 6.45) is 9.16. The maximum atomic E-state index is 10.4. The van der Waals surface area contributed by atoms with Crippen LogP contribution in [0.15, 0.2) is 12.3 Å². The normalized spacial score (nSPS) is 29.1. The van der Waals surface area contributed by atoms with Crippen molar-refractivity contribution in [1.29, 1.82) is 0 Å². The lowest BCUT2D eigenvalue weighted by molar-refractivity contribution is 0.0960. The second-order valence-corrected chi connectivity index (χ2v) is 8.58. The highest BCUT2D eigenvalue weighted by Gasteiger charge is 2.35. The Bertz CT molecular complexity index is 488. The highest BCUT2D eigenvalue weighted by atomic mass is 16.3. The molecule has 0 bridgehead atoms. The van der Waals surface area contributed by atoms with Gasteiger partial charge in [0.15, 0.2) is 0 Å². The standard InChI is InChI=1S/C18H29NO/c1-17(2)8-5-13(6-9-17)19-10-7-14-15(19)11-18(3,4)12-16(14)20/h7,10,13,16,20H,5-6,8-9,11-12H2,1-4H3. The molecule has 2 heteroatoms. The van der Waals surface area contributed by atoms with Crippen molar-refractivity contribution in [2.45, 2.75) is 78.4 Å². The van der Waals surface area contributed by atoms with E-state index in [-0.39, 0.29) is 11.5 Å². The van der Waals surface area contributed by atoms with Gasteiger partial charge in [-0.05, 0) is 55.4 Å². The van der Waals surface area contributed by atoms with Crippen LogP contribution in [0, 0.1) is 10.8 Å². The molecule has 3 rings (SSSR count). The molecule has 1 fully saturated rings. The molecule has 0 aromatic carbocycles. The summed E-state index contributed by atoms with van der Waals surface area (Å²) in [6, 6.07) is 2.81. The van der Waals surface area contributed by atoms with E-state index in [1.807, 2.05) is 0 Å². The third-order valence-corrected chi connectivity index (χ3v) is 5.51. The minimum atomic E-state index is -0.268. The minimum Gasteiger partial charge on any atom is -0.388 e. The molecule has 1 N–H and O–H groups in total. The molecule has 1 unspecified atom stereocenters. The van der Waals surface area contributed by atoms with Crippen LogP contribution in [-0.2, 0) is 6.42 Å². The van der Waals surface area contributed by atoms with E-state index in [9.17, 15) is 5.11 Å². The molecule has 1 heterocycles. The molecule has 0 saturated heterocycles. The van der Waals surface area contributed by atoms with Gasteiger partial charge in [0, 0.05) is 23.5 Å². The fourth-order valence-electron chi connectivity index (χ4n) is 4.16. The van der Waals surface area contributed by atoms with Crippen molar-refractivity contribution < 1.29 is 5.11 Å². The molecule has 0 amide bonds. The molecular formula is C18H29NO. The molecule has 1 aromatic heterocycles. The topological polar surface area (TPSA) is 25.2 Å². The summed E-state index contributed by atoms with van der Waals surface area (Å²) in [5.74, 6) is 0. The summed E-state index contributed by atoms with van der Waals surface area (Å²) in [5, 5.41) is 10.4. The number of fused-ring (bicyclic) bond motifs is 1. The van der Waals surface area contributed by atoms with E-state index in [0.717, 1.165) is 12.8 Å². The van der Waals surface area contributed by atoms with Crippen LogP contribution in [0.4, 0.5) is 0 Å². The van der Waals surface area contributed by atoms with Gasteiger partial charge in [-0.3, -0.25) is 0 Å². The lowest BCUT2D eigenvalue weighted by Crippen LogP contribution is -2.29. The predicted octanol–water partition coefficient (Wildman–Crippen LogP) is 4.64. The van der Waals surface area contributed by atoms with Crippen molar-refractivity contribution in [1.82, 2.24) is 4.57 Å². The quantitative estimate of drug-likeness (QED) is 0.794. The summed E-state index contributed by atoms with van der Waals surface area (Å²) in [7, 11) is 0. The zero-order chi connectivity index (χ0) is 14.5. The zero-order valence-corrected chi connectivity index (χ0v) is 13.4. The van der Waals surface area contributed by atoms with Crippen molar-refractivity contribution in [2.75, 3.05) is 0 Å². The van der Waals surface area contributed by atoms with Crippen LogP contribution in [0.25, 0.3) is 0 Å². The SMILES string of the molecule is CC1(C)CCC(n2ccc3c2CC(C)(C)CC3O)CC1. The highest BCUT2D eigenvalue weighted by Crippen LogP contribution is 2.45. The number of hydrogen-bond donors (Lipinski definition) is 1. The molecule has 20 heavy (non-hydrogen) atoms. The van der Waals surface area contributed by atoms with Crippen LogP contribution < -0.4 is 0 Å². The van der Waals surface area contributed by atoms with Gasteiger partial charge in [0.05, 0.1) is 6.10 Å². The molecule has 1 aromatic rings. The number of hydrogen-bond acceptors (Lipinski definition) is 1. The number of aliphatic hydroxyl groups excluding tert-OH is 1. The molecule has 2 aliphatic carbocycles. The Kier molecular flexibility index (Phi) is 3.28. The van der Waals surface area contributed by atoms with Gasteiger partial charge >= 0.3 is 0 Å². The van der Waals surface area contributed by atoms with E-state index in [2.05, 4.69) is 44.5 Å². The van der Waals surface area contributed by atoms with Gasteiger partial charge in [0.2, 0.25) is 0 Å². The monoisotopic (exact) mass is 275 g/mol. The van der Waals surface area contributed by atoms with Gasteiger partial charge in [-0.25, -0.2) is 0 Å². The second kappa shape index (κ2) is 4.62. The minimum absolute atomic E-state index is 0.219. The molecule has 2 nitrogen and oxygen atoms in total. The first kappa shape index (κ1) is 14.2. The number of nitrogens with zero attached hydrogens (tertiary/aromatic N) is 1. The molecule has 0 radical (unpaired) electrons. The van der Waals surface area contributed by atoms with Crippen LogP contribution in [0.3, 0.4) is 0 Å². The van der Waals surface area contributed by atoms with Gasteiger partial charge in [-0.2, -0.15) is 0 Å². The van der Waals surface area contributed by atoms with Gasteiger partial charge in [-0.15, -0.1) is 0 Å². The number of aromatic nitrogens is 1. The van der Waals surface area contributed by atoms with E-state index < -0.39 is 0 Å². The van der Waals surface area contributed by atoms with E-state index in [1.165, 1.54) is 36.9 Å². The molecule has 112 valence electrons. The van der Waals surface area contributed by atoms with E-state index in [0.29, 0.717) is 11.5 Å². The van der Waals surface area contributed by atoms with E-state index in [1.54, 1.807) is 0 Å². The van der Waals surface area contributed by atoms with Crippen LogP contribution in [0.2, 0.25) is 0 Å². The predicted molar refractivity (Wildman–Crippen MR) is 82.8 cm³/mol. The lowest BCUT2D eigenvalue weighted by Gasteiger charge is -2.38. The molecule has 2 aliphatic rings. The molecule has 0 aliphatic heterocycles. The van der Waals surface area contributed by atoms with Gasteiger partial charge in [0.25, 0.3) is 0 Å². The molecular weight excluding hydrogens is 246 g/mol. The smallest absolute Gasteiger partial charge is 0.0812 e. The Balaban J connectivity index is 1.86. The first-order valence-corrected chi connectivity index (χ1v) is 8.15. The summed E-state index contributed by atoms with van der Waals surface area (Å²) in [4.78, 5) is 0. The van der Waals surface area contributed by atoms with E-state index in [4.69, 9.17) is 0 Å². The molecule has 1 atom stereocenters. The van der Waals surface area contributed by atoms with Crippen molar-refractivity contribution in [2.24, 2.45) is 10.8 Å². The maximum Gasteiger partial charge on any atom is 0.0812 e. The number of aliphatic hydroxyl groups is 1. The lowest BCUT2D eigenvalue weighted by atomic mass is 9.74. The van der Waals surface area contributed by atoms with Gasteiger partial charge in [-0.1, -0.05) is 27.7 Å². The first-order valence-electron chi connectivity index (χ1n) is 8.15. The van der Waals surface area contributed by atoms with Crippen molar-refractivity contribution >= 4 is 0 Å². The Hall–Kier alpha value is -0.760. The third-order valence-electron chi connectivity index (χ3n) is 5.51. The fourth-order valence-corrected chi connectivity index (χ4v) is 4.16. The van der Waals surface area contributed by atoms with Crippen LogP contribution >= 0.6 is 0 Å². The summed E-state index contributed by atoms with van der Waals surface area (Å²) in [5.41, 5.74) is 3.33. The van der Waals surface area contributed by atoms with E-state index >= 15 is 0 Å². The molecule has 0 spiro atoms. The Morgan fingerprint density at radius 1 is 1.10 bits per heavy atom. The second-order valence-electron chi connectivity index (χ2n) is 8.58. The Morgan fingerprint density at radius 2 is 1.75 bits per heavy atom. The fraction of sp³-hybridized carbons (Fsp3) is 0.778. The average molecular weight is 275 g/mol. The van der Waals surface area contributed by atoms with Crippen LogP contribution in [-0.4, -0.2) is 9.67 Å². The van der Waals surface area contributed by atoms with Gasteiger partial charge in [0.1, 0.15) is 0 Å². The Labute approximate surface area is 123 Å². The number of rotatable bonds is 1. The maximum absolute atomic E-state index is 10.4.